The van der Waals surface area contributed by atoms with Crippen molar-refractivity contribution in [3.8, 4) is 11.1 Å². The van der Waals surface area contributed by atoms with Gasteiger partial charge in [0.15, 0.2) is 0 Å². The molecule has 2 N–H and O–H groups in total. The first-order valence-corrected chi connectivity index (χ1v) is 7.23. The molecule has 4 nitrogen and oxygen atoms in total. The zero-order valence-electron chi connectivity index (χ0n) is 12.4. The summed E-state index contributed by atoms with van der Waals surface area (Å²) in [5.74, 6) is -2.14. The molecule has 0 spiro atoms. The Labute approximate surface area is 129 Å². The van der Waals surface area contributed by atoms with E-state index in [2.05, 4.69) is 6.92 Å². The average Bonchev–Trinajstić information content (AvgIpc) is 2.52. The Morgan fingerprint density at radius 1 is 0.955 bits per heavy atom. The third kappa shape index (κ3) is 3.52. The molecule has 22 heavy (non-hydrogen) atoms. The second-order valence-electron chi connectivity index (χ2n) is 5.17. The van der Waals surface area contributed by atoms with Crippen LogP contribution in [0, 0.1) is 0 Å². The van der Waals surface area contributed by atoms with Gasteiger partial charge in [-0.1, -0.05) is 37.6 Å². The smallest absolute Gasteiger partial charge is 0.336 e. The number of aromatic carboxylic acids is 2. The van der Waals surface area contributed by atoms with E-state index in [9.17, 15) is 14.7 Å². The highest BCUT2D eigenvalue weighted by molar-refractivity contribution is 5.99. The molecule has 2 aromatic rings. The summed E-state index contributed by atoms with van der Waals surface area (Å²) in [6.45, 7) is 2.13. The zero-order valence-corrected chi connectivity index (χ0v) is 12.4. The Hall–Kier alpha value is -2.62. The number of hydrogen-bond acceptors (Lipinski definition) is 2. The number of benzene rings is 2. The maximum Gasteiger partial charge on any atom is 0.336 e. The van der Waals surface area contributed by atoms with Gasteiger partial charge in [-0.25, -0.2) is 9.59 Å². The summed E-state index contributed by atoms with van der Waals surface area (Å²) in [6, 6.07) is 11.7. The van der Waals surface area contributed by atoms with E-state index in [1.165, 1.54) is 23.8 Å². The average molecular weight is 298 g/mol. The van der Waals surface area contributed by atoms with E-state index in [4.69, 9.17) is 5.11 Å². The SMILES string of the molecule is CCCCc1ccc(-c2cc(C(=O)O)ccc2C(=O)O)cc1. The number of hydrogen-bond donors (Lipinski definition) is 2. The topological polar surface area (TPSA) is 74.6 Å². The molecule has 0 saturated heterocycles. The number of rotatable bonds is 6. The predicted octanol–water partition coefficient (Wildman–Crippen LogP) is 4.09. The van der Waals surface area contributed by atoms with Crippen LogP contribution in [0.1, 0.15) is 46.0 Å². The molecule has 0 radical (unpaired) electrons. The van der Waals surface area contributed by atoms with Gasteiger partial charge >= 0.3 is 11.9 Å². The van der Waals surface area contributed by atoms with Crippen molar-refractivity contribution in [3.05, 3.63) is 59.2 Å². The summed E-state index contributed by atoms with van der Waals surface area (Å²) in [6.07, 6.45) is 3.21. The van der Waals surface area contributed by atoms with Gasteiger partial charge < -0.3 is 10.2 Å². The number of carbonyl (C=O) groups is 2. The summed E-state index contributed by atoms with van der Waals surface area (Å²) in [7, 11) is 0. The Morgan fingerprint density at radius 2 is 1.64 bits per heavy atom. The first-order valence-electron chi connectivity index (χ1n) is 7.23. The van der Waals surface area contributed by atoms with Gasteiger partial charge in [0.25, 0.3) is 0 Å². The molecule has 0 amide bonds. The predicted molar refractivity (Wildman–Crippen MR) is 84.4 cm³/mol. The van der Waals surface area contributed by atoms with E-state index < -0.39 is 11.9 Å². The molecule has 4 heteroatoms. The van der Waals surface area contributed by atoms with E-state index in [1.54, 1.807) is 0 Å². The molecule has 0 aliphatic rings. The molecule has 0 aliphatic carbocycles. The second kappa shape index (κ2) is 6.89. The first kappa shape index (κ1) is 15.8. The lowest BCUT2D eigenvalue weighted by atomic mass is 9.95. The van der Waals surface area contributed by atoms with Crippen LogP contribution in [0.3, 0.4) is 0 Å². The van der Waals surface area contributed by atoms with Gasteiger partial charge in [0.1, 0.15) is 0 Å². The lowest BCUT2D eigenvalue weighted by Gasteiger charge is -2.09. The van der Waals surface area contributed by atoms with Crippen LogP contribution in [0.25, 0.3) is 11.1 Å². The monoisotopic (exact) mass is 298 g/mol. The highest BCUT2D eigenvalue weighted by Gasteiger charge is 2.14. The van der Waals surface area contributed by atoms with E-state index in [-0.39, 0.29) is 11.1 Å². The third-order valence-corrected chi connectivity index (χ3v) is 3.58. The molecular weight excluding hydrogens is 280 g/mol. The molecule has 114 valence electrons. The molecule has 0 saturated carbocycles. The van der Waals surface area contributed by atoms with Gasteiger partial charge in [0.2, 0.25) is 0 Å². The van der Waals surface area contributed by atoms with Gasteiger partial charge in [-0.05, 0) is 47.7 Å². The Morgan fingerprint density at radius 3 is 2.18 bits per heavy atom. The summed E-state index contributed by atoms with van der Waals surface area (Å²) in [5.41, 5.74) is 2.51. The highest BCUT2D eigenvalue weighted by atomic mass is 16.4. The molecule has 0 aromatic heterocycles. The van der Waals surface area contributed by atoms with Crippen LogP contribution in [0.4, 0.5) is 0 Å². The third-order valence-electron chi connectivity index (χ3n) is 3.58. The van der Waals surface area contributed by atoms with E-state index in [1.807, 2.05) is 24.3 Å². The maximum atomic E-state index is 11.3. The molecular formula is C18H18O4. The molecule has 0 unspecified atom stereocenters. The minimum Gasteiger partial charge on any atom is -0.478 e. The number of aryl methyl sites for hydroxylation is 1. The molecule has 0 bridgehead atoms. The maximum absolute atomic E-state index is 11.3. The quantitative estimate of drug-likeness (QED) is 0.842. The van der Waals surface area contributed by atoms with E-state index >= 15 is 0 Å². The van der Waals surface area contributed by atoms with Gasteiger partial charge in [-0.15, -0.1) is 0 Å². The standard InChI is InChI=1S/C18H18O4/c1-2-3-4-12-5-7-13(8-6-12)16-11-14(17(19)20)9-10-15(16)18(21)22/h5-11H,2-4H2,1H3,(H,19,20)(H,21,22). The molecule has 0 atom stereocenters. The van der Waals surface area contributed by atoms with Crippen LogP contribution >= 0.6 is 0 Å². The largest absolute Gasteiger partial charge is 0.478 e. The number of unbranched alkanes of at least 4 members (excludes halogenated alkanes) is 1. The lowest BCUT2D eigenvalue weighted by molar-refractivity contribution is 0.0682. The zero-order chi connectivity index (χ0) is 16.1. The van der Waals surface area contributed by atoms with Gasteiger partial charge in [-0.2, -0.15) is 0 Å². The fraction of sp³-hybridized carbons (Fsp3) is 0.222. The summed E-state index contributed by atoms with van der Waals surface area (Å²) < 4.78 is 0. The van der Waals surface area contributed by atoms with Crippen molar-refractivity contribution in [2.75, 3.05) is 0 Å². The lowest BCUT2D eigenvalue weighted by Crippen LogP contribution is -2.03. The first-order chi connectivity index (χ1) is 10.5. The van der Waals surface area contributed by atoms with Crippen molar-refractivity contribution >= 4 is 11.9 Å². The minimum absolute atomic E-state index is 0.0788. The van der Waals surface area contributed by atoms with Crippen LogP contribution in [-0.2, 0) is 6.42 Å². The van der Waals surface area contributed by atoms with Crippen LogP contribution in [0.5, 0.6) is 0 Å². The van der Waals surface area contributed by atoms with Crippen molar-refractivity contribution < 1.29 is 19.8 Å². The van der Waals surface area contributed by atoms with Crippen LogP contribution < -0.4 is 0 Å². The number of carboxylic acid groups (broad SMARTS) is 2. The summed E-state index contributed by atoms with van der Waals surface area (Å²) in [5, 5.41) is 18.4. The van der Waals surface area contributed by atoms with Crippen molar-refractivity contribution in [2.24, 2.45) is 0 Å². The van der Waals surface area contributed by atoms with Crippen molar-refractivity contribution in [2.45, 2.75) is 26.2 Å². The van der Waals surface area contributed by atoms with Crippen LogP contribution in [0.15, 0.2) is 42.5 Å². The van der Waals surface area contributed by atoms with Crippen LogP contribution in [-0.4, -0.2) is 22.2 Å². The van der Waals surface area contributed by atoms with Gasteiger partial charge in [0.05, 0.1) is 11.1 Å². The molecule has 2 aromatic carbocycles. The highest BCUT2D eigenvalue weighted by Crippen LogP contribution is 2.26. The normalized spacial score (nSPS) is 10.4. The minimum atomic E-state index is -1.07. The second-order valence-corrected chi connectivity index (χ2v) is 5.17. The Balaban J connectivity index is 2.43. The molecule has 0 aliphatic heterocycles. The van der Waals surface area contributed by atoms with Crippen molar-refractivity contribution in [1.29, 1.82) is 0 Å². The molecule has 0 heterocycles. The van der Waals surface area contributed by atoms with Gasteiger partial charge in [-0.3, -0.25) is 0 Å². The Kier molecular flexibility index (Phi) is 4.94. The van der Waals surface area contributed by atoms with Crippen LogP contribution in [0.2, 0.25) is 0 Å². The van der Waals surface area contributed by atoms with E-state index in [0.717, 1.165) is 19.3 Å². The van der Waals surface area contributed by atoms with E-state index in [0.29, 0.717) is 11.1 Å². The fourth-order valence-electron chi connectivity index (χ4n) is 2.33. The van der Waals surface area contributed by atoms with Crippen molar-refractivity contribution in [3.63, 3.8) is 0 Å². The number of carboxylic acids is 2. The fourth-order valence-corrected chi connectivity index (χ4v) is 2.33. The Bertz CT molecular complexity index is 687. The van der Waals surface area contributed by atoms with Crippen molar-refractivity contribution in [1.82, 2.24) is 0 Å². The summed E-state index contributed by atoms with van der Waals surface area (Å²) >= 11 is 0. The molecule has 2 rings (SSSR count). The summed E-state index contributed by atoms with van der Waals surface area (Å²) in [4.78, 5) is 22.4. The molecule has 0 fully saturated rings. The van der Waals surface area contributed by atoms with Gasteiger partial charge in [0, 0.05) is 0 Å².